The molecule has 2 aromatic rings. The molecule has 0 N–H and O–H groups in total. The summed E-state index contributed by atoms with van der Waals surface area (Å²) in [5.74, 6) is 0.0139. The Morgan fingerprint density at radius 2 is 1.83 bits per heavy atom. The predicted molar refractivity (Wildman–Crippen MR) is 91.1 cm³/mol. The monoisotopic (exact) mass is 325 g/mol. The Morgan fingerprint density at radius 3 is 2.58 bits per heavy atom. The highest BCUT2D eigenvalue weighted by atomic mass is 16.2. The van der Waals surface area contributed by atoms with Gasteiger partial charge in [-0.3, -0.25) is 4.79 Å². The fourth-order valence-corrected chi connectivity index (χ4v) is 4.08. The van der Waals surface area contributed by atoms with Crippen molar-refractivity contribution in [2.75, 3.05) is 20.1 Å². The standard InChI is InChI=1S/C18H23N5O/c1-21-11-5-9-16(21)17-10-6-12-22(17)18(24)15-13-23(20-19-15)14-7-3-2-4-8-14/h2-4,7-8,13,16-17H,5-6,9-12H2,1H3. The van der Waals surface area contributed by atoms with Gasteiger partial charge in [0.25, 0.3) is 5.91 Å². The van der Waals surface area contributed by atoms with Crippen LogP contribution in [0.15, 0.2) is 36.5 Å². The van der Waals surface area contributed by atoms with Crippen molar-refractivity contribution < 1.29 is 4.79 Å². The number of carbonyl (C=O) groups excluding carboxylic acids is 1. The van der Waals surface area contributed by atoms with Gasteiger partial charge in [0, 0.05) is 18.6 Å². The summed E-state index contributed by atoms with van der Waals surface area (Å²) in [5.41, 5.74) is 1.35. The van der Waals surface area contributed by atoms with Crippen LogP contribution in [0.4, 0.5) is 0 Å². The summed E-state index contributed by atoms with van der Waals surface area (Å²) in [4.78, 5) is 17.4. The van der Waals surface area contributed by atoms with Gasteiger partial charge in [0.05, 0.1) is 11.9 Å². The molecule has 6 nitrogen and oxygen atoms in total. The Labute approximate surface area is 142 Å². The molecule has 0 saturated carbocycles. The lowest BCUT2D eigenvalue weighted by molar-refractivity contribution is 0.0658. The minimum absolute atomic E-state index is 0.0139. The smallest absolute Gasteiger partial charge is 0.276 e. The summed E-state index contributed by atoms with van der Waals surface area (Å²) in [6, 6.07) is 10.6. The molecule has 2 aliphatic rings. The number of nitrogens with zero attached hydrogens (tertiary/aromatic N) is 5. The normalized spacial score (nSPS) is 24.6. The van der Waals surface area contributed by atoms with Crippen LogP contribution in [0.2, 0.25) is 0 Å². The highest BCUT2D eigenvalue weighted by molar-refractivity contribution is 5.92. The Hall–Kier alpha value is -2.21. The van der Waals surface area contributed by atoms with Gasteiger partial charge in [-0.15, -0.1) is 5.10 Å². The van der Waals surface area contributed by atoms with Crippen LogP contribution in [0.1, 0.15) is 36.2 Å². The molecule has 24 heavy (non-hydrogen) atoms. The van der Waals surface area contributed by atoms with Crippen molar-refractivity contribution in [1.29, 1.82) is 0 Å². The molecule has 6 heteroatoms. The number of likely N-dealkylation sites (tertiary alicyclic amines) is 2. The van der Waals surface area contributed by atoms with Crippen molar-refractivity contribution >= 4 is 5.91 Å². The van der Waals surface area contributed by atoms with Crippen LogP contribution in [0.25, 0.3) is 5.69 Å². The van der Waals surface area contributed by atoms with E-state index in [-0.39, 0.29) is 5.91 Å². The molecule has 0 radical (unpaired) electrons. The second-order valence-electron chi connectivity index (χ2n) is 6.78. The maximum atomic E-state index is 13.0. The predicted octanol–water partition coefficient (Wildman–Crippen LogP) is 1.97. The largest absolute Gasteiger partial charge is 0.333 e. The van der Waals surface area contributed by atoms with Crippen LogP contribution in [0.3, 0.4) is 0 Å². The fourth-order valence-electron chi connectivity index (χ4n) is 4.08. The Morgan fingerprint density at radius 1 is 1.08 bits per heavy atom. The molecule has 0 bridgehead atoms. The van der Waals surface area contributed by atoms with Crippen LogP contribution in [0.5, 0.6) is 0 Å². The topological polar surface area (TPSA) is 54.3 Å². The van der Waals surface area contributed by atoms with Crippen LogP contribution in [-0.4, -0.2) is 62.9 Å². The summed E-state index contributed by atoms with van der Waals surface area (Å²) in [5, 5.41) is 8.25. The molecule has 4 rings (SSSR count). The quantitative estimate of drug-likeness (QED) is 0.866. The second kappa shape index (κ2) is 6.36. The average Bonchev–Trinajstić information content (AvgIpc) is 3.35. The SMILES string of the molecule is CN1CCCC1C1CCCN1C(=O)c1cn(-c2ccccc2)nn1. The molecule has 2 fully saturated rings. The van der Waals surface area contributed by atoms with E-state index in [1.165, 1.54) is 12.8 Å². The third-order valence-corrected chi connectivity index (χ3v) is 5.31. The van der Waals surface area contributed by atoms with Gasteiger partial charge in [0.15, 0.2) is 5.69 Å². The Balaban J connectivity index is 1.54. The number of aromatic nitrogens is 3. The van der Waals surface area contributed by atoms with E-state index in [9.17, 15) is 4.79 Å². The number of para-hydroxylation sites is 1. The van der Waals surface area contributed by atoms with E-state index >= 15 is 0 Å². The maximum Gasteiger partial charge on any atom is 0.276 e. The van der Waals surface area contributed by atoms with E-state index in [2.05, 4.69) is 22.3 Å². The lowest BCUT2D eigenvalue weighted by Crippen LogP contribution is -2.47. The zero-order chi connectivity index (χ0) is 16.5. The molecule has 0 spiro atoms. The average molecular weight is 325 g/mol. The maximum absolute atomic E-state index is 13.0. The van der Waals surface area contributed by atoms with Gasteiger partial charge < -0.3 is 9.80 Å². The zero-order valence-electron chi connectivity index (χ0n) is 14.0. The van der Waals surface area contributed by atoms with E-state index in [4.69, 9.17) is 0 Å². The van der Waals surface area contributed by atoms with E-state index < -0.39 is 0 Å². The van der Waals surface area contributed by atoms with E-state index in [0.717, 1.165) is 31.6 Å². The molecular formula is C18H23N5O. The summed E-state index contributed by atoms with van der Waals surface area (Å²) < 4.78 is 1.67. The van der Waals surface area contributed by atoms with Gasteiger partial charge in [0.1, 0.15) is 0 Å². The van der Waals surface area contributed by atoms with Crippen LogP contribution >= 0.6 is 0 Å². The molecule has 1 amide bonds. The van der Waals surface area contributed by atoms with Gasteiger partial charge in [-0.1, -0.05) is 23.4 Å². The van der Waals surface area contributed by atoms with Gasteiger partial charge in [-0.2, -0.15) is 0 Å². The first-order valence-electron chi connectivity index (χ1n) is 8.73. The number of likely N-dealkylation sites (N-methyl/N-ethyl adjacent to an activating group) is 1. The van der Waals surface area contributed by atoms with Crippen molar-refractivity contribution in [3.63, 3.8) is 0 Å². The summed E-state index contributed by atoms with van der Waals surface area (Å²) in [7, 11) is 2.17. The van der Waals surface area contributed by atoms with E-state index in [0.29, 0.717) is 17.8 Å². The van der Waals surface area contributed by atoms with Crippen LogP contribution in [0, 0.1) is 0 Å². The van der Waals surface area contributed by atoms with Gasteiger partial charge >= 0.3 is 0 Å². The molecule has 2 saturated heterocycles. The van der Waals surface area contributed by atoms with Gasteiger partial charge in [-0.25, -0.2) is 4.68 Å². The van der Waals surface area contributed by atoms with E-state index in [1.54, 1.807) is 10.9 Å². The summed E-state index contributed by atoms with van der Waals surface area (Å²) in [6.07, 6.45) is 6.32. The van der Waals surface area contributed by atoms with Crippen LogP contribution < -0.4 is 0 Å². The molecular weight excluding hydrogens is 302 g/mol. The molecule has 1 aromatic heterocycles. The highest BCUT2D eigenvalue weighted by Gasteiger charge is 2.39. The summed E-state index contributed by atoms with van der Waals surface area (Å²) >= 11 is 0. The lowest BCUT2D eigenvalue weighted by Gasteiger charge is -2.32. The number of hydrogen-bond acceptors (Lipinski definition) is 4. The number of benzene rings is 1. The molecule has 2 unspecified atom stereocenters. The molecule has 2 aliphatic heterocycles. The van der Waals surface area contributed by atoms with Crippen molar-refractivity contribution in [3.8, 4) is 5.69 Å². The number of amides is 1. The first-order valence-corrected chi connectivity index (χ1v) is 8.73. The first-order chi connectivity index (χ1) is 11.7. The Bertz CT molecular complexity index is 713. The highest BCUT2D eigenvalue weighted by Crippen LogP contribution is 2.29. The first kappa shape index (κ1) is 15.3. The van der Waals surface area contributed by atoms with Crippen molar-refractivity contribution in [2.45, 2.75) is 37.8 Å². The molecule has 2 atom stereocenters. The van der Waals surface area contributed by atoms with Crippen molar-refractivity contribution in [3.05, 3.63) is 42.2 Å². The molecule has 0 aliphatic carbocycles. The lowest BCUT2D eigenvalue weighted by atomic mass is 10.0. The van der Waals surface area contributed by atoms with Gasteiger partial charge in [-0.05, 0) is 51.4 Å². The number of rotatable bonds is 3. The number of carbonyl (C=O) groups is 1. The fraction of sp³-hybridized carbons (Fsp3) is 0.500. The minimum atomic E-state index is 0.0139. The van der Waals surface area contributed by atoms with Crippen LogP contribution in [-0.2, 0) is 0 Å². The third kappa shape index (κ3) is 2.71. The molecule has 1 aromatic carbocycles. The van der Waals surface area contributed by atoms with Gasteiger partial charge in [0.2, 0.25) is 0 Å². The Kier molecular flexibility index (Phi) is 4.06. The third-order valence-electron chi connectivity index (χ3n) is 5.31. The second-order valence-corrected chi connectivity index (χ2v) is 6.78. The van der Waals surface area contributed by atoms with Crippen molar-refractivity contribution in [1.82, 2.24) is 24.8 Å². The zero-order valence-corrected chi connectivity index (χ0v) is 14.0. The molecule has 3 heterocycles. The van der Waals surface area contributed by atoms with E-state index in [1.807, 2.05) is 35.2 Å². The summed E-state index contributed by atoms with van der Waals surface area (Å²) in [6.45, 7) is 1.96. The minimum Gasteiger partial charge on any atom is -0.333 e. The number of hydrogen-bond donors (Lipinski definition) is 0. The van der Waals surface area contributed by atoms with Crippen molar-refractivity contribution in [2.24, 2.45) is 0 Å². The molecule has 126 valence electrons.